The zero-order valence-electron chi connectivity index (χ0n) is 19.4. The third kappa shape index (κ3) is 23.8. The summed E-state index contributed by atoms with van der Waals surface area (Å²) in [6.07, 6.45) is 21.6. The van der Waals surface area contributed by atoms with Crippen molar-refractivity contribution in [3.8, 4) is 0 Å². The van der Waals surface area contributed by atoms with Crippen LogP contribution in [-0.2, 0) is 28.5 Å². The molecule has 0 radical (unpaired) electrons. The molecule has 0 saturated heterocycles. The van der Waals surface area contributed by atoms with E-state index in [1.54, 1.807) is 6.08 Å². The van der Waals surface area contributed by atoms with E-state index in [2.05, 4.69) is 25.3 Å². The van der Waals surface area contributed by atoms with Crippen LogP contribution in [0.2, 0.25) is 0 Å². The van der Waals surface area contributed by atoms with Gasteiger partial charge in [0.25, 0.3) is 0 Å². The Balaban J connectivity index is 3.50. The number of hydrogen-bond donors (Lipinski definition) is 0. The molecule has 0 unspecified atom stereocenters. The zero-order chi connectivity index (χ0) is 23.5. The number of rotatable bonds is 22. The molecule has 0 spiro atoms. The summed E-state index contributed by atoms with van der Waals surface area (Å²) in [7, 11) is 0. The lowest BCUT2D eigenvalue weighted by atomic mass is 10.2. The molecule has 180 valence electrons. The first-order valence-electron chi connectivity index (χ1n) is 11.4. The molecule has 0 amide bonds. The number of hydrogen-bond acceptors (Lipinski definition) is 6. The quantitative estimate of drug-likeness (QED) is 0.0973. The van der Waals surface area contributed by atoms with Crippen LogP contribution in [0.15, 0.2) is 61.8 Å². The summed E-state index contributed by atoms with van der Waals surface area (Å²) in [4.78, 5) is 23.2. The fourth-order valence-electron chi connectivity index (χ4n) is 2.35. The Labute approximate surface area is 193 Å². The number of carbonyl (C=O) groups is 2. The average Bonchev–Trinajstić information content (AvgIpc) is 2.79. The van der Waals surface area contributed by atoms with Crippen LogP contribution < -0.4 is 0 Å². The summed E-state index contributed by atoms with van der Waals surface area (Å²) in [6.45, 7) is 9.49. The molecule has 32 heavy (non-hydrogen) atoms. The van der Waals surface area contributed by atoms with Gasteiger partial charge in [0.05, 0.1) is 26.4 Å². The molecule has 0 aliphatic carbocycles. The first-order chi connectivity index (χ1) is 15.7. The Bertz CT molecular complexity index is 577. The lowest BCUT2D eigenvalue weighted by Gasteiger charge is -2.04. The summed E-state index contributed by atoms with van der Waals surface area (Å²) >= 11 is 0. The predicted molar refractivity (Wildman–Crippen MR) is 128 cm³/mol. The molecule has 0 atom stereocenters. The fraction of sp³-hybridized carbons (Fsp3) is 0.538. The van der Waals surface area contributed by atoms with E-state index < -0.39 is 5.97 Å². The van der Waals surface area contributed by atoms with Gasteiger partial charge in [-0.1, -0.05) is 42.5 Å². The second-order valence-corrected chi connectivity index (χ2v) is 6.86. The SMILES string of the molecule is C=CCCC/C=C/COCCOC(=O)/C=C/CCC(=O)OCCOC/C=C/CCCC=C. The first-order valence-corrected chi connectivity index (χ1v) is 11.4. The molecule has 0 aromatic rings. The molecule has 0 fully saturated rings. The average molecular weight is 449 g/mol. The Morgan fingerprint density at radius 1 is 0.625 bits per heavy atom. The molecule has 0 N–H and O–H groups in total. The third-order valence-corrected chi connectivity index (χ3v) is 4.05. The highest BCUT2D eigenvalue weighted by atomic mass is 16.6. The first kappa shape index (κ1) is 29.6. The van der Waals surface area contributed by atoms with Crippen LogP contribution in [0.4, 0.5) is 0 Å². The molecular formula is C26H40O6. The molecule has 0 saturated carbocycles. The number of carbonyl (C=O) groups excluding carboxylic acids is 2. The lowest BCUT2D eigenvalue weighted by Crippen LogP contribution is -2.10. The van der Waals surface area contributed by atoms with Gasteiger partial charge in [0.1, 0.15) is 13.2 Å². The van der Waals surface area contributed by atoms with Crippen LogP contribution in [-0.4, -0.2) is 51.6 Å². The van der Waals surface area contributed by atoms with Crippen molar-refractivity contribution in [2.24, 2.45) is 0 Å². The highest BCUT2D eigenvalue weighted by molar-refractivity contribution is 5.82. The van der Waals surface area contributed by atoms with Gasteiger partial charge in [-0.25, -0.2) is 4.79 Å². The molecule has 6 nitrogen and oxygen atoms in total. The van der Waals surface area contributed by atoms with Crippen molar-refractivity contribution < 1.29 is 28.5 Å². The molecule has 0 aromatic heterocycles. The van der Waals surface area contributed by atoms with Crippen LogP contribution in [0.3, 0.4) is 0 Å². The largest absolute Gasteiger partial charge is 0.463 e. The number of unbranched alkanes of at least 4 members (excludes halogenated alkanes) is 4. The van der Waals surface area contributed by atoms with E-state index in [9.17, 15) is 9.59 Å². The molecule has 0 aliphatic heterocycles. The van der Waals surface area contributed by atoms with E-state index in [-0.39, 0.29) is 25.6 Å². The molecule has 0 rings (SSSR count). The van der Waals surface area contributed by atoms with Gasteiger partial charge in [-0.2, -0.15) is 0 Å². The minimum atomic E-state index is -0.451. The number of allylic oxidation sites excluding steroid dienone is 5. The van der Waals surface area contributed by atoms with Gasteiger partial charge in [-0.05, 0) is 44.9 Å². The van der Waals surface area contributed by atoms with Crippen molar-refractivity contribution >= 4 is 11.9 Å². The van der Waals surface area contributed by atoms with Gasteiger partial charge in [0, 0.05) is 12.5 Å². The van der Waals surface area contributed by atoms with E-state index in [1.165, 1.54) is 6.08 Å². The van der Waals surface area contributed by atoms with Crippen molar-refractivity contribution in [3.63, 3.8) is 0 Å². The van der Waals surface area contributed by atoms with Gasteiger partial charge < -0.3 is 18.9 Å². The van der Waals surface area contributed by atoms with Crippen molar-refractivity contribution in [3.05, 3.63) is 61.8 Å². The van der Waals surface area contributed by atoms with E-state index in [1.807, 2.05) is 24.3 Å². The van der Waals surface area contributed by atoms with Gasteiger partial charge in [-0.3, -0.25) is 4.79 Å². The zero-order valence-corrected chi connectivity index (χ0v) is 19.4. The summed E-state index contributed by atoms with van der Waals surface area (Å²) in [5, 5.41) is 0. The second-order valence-electron chi connectivity index (χ2n) is 6.86. The minimum absolute atomic E-state index is 0.194. The maximum atomic E-state index is 11.6. The Morgan fingerprint density at radius 3 is 1.75 bits per heavy atom. The minimum Gasteiger partial charge on any atom is -0.463 e. The van der Waals surface area contributed by atoms with Crippen molar-refractivity contribution in [1.29, 1.82) is 0 Å². The van der Waals surface area contributed by atoms with Crippen LogP contribution in [0.5, 0.6) is 0 Å². The summed E-state index contributed by atoms with van der Waals surface area (Å²) in [6, 6.07) is 0. The topological polar surface area (TPSA) is 71.1 Å². The predicted octanol–water partition coefficient (Wildman–Crippen LogP) is 5.27. The van der Waals surface area contributed by atoms with E-state index >= 15 is 0 Å². The van der Waals surface area contributed by atoms with E-state index in [0.717, 1.165) is 38.5 Å². The third-order valence-electron chi connectivity index (χ3n) is 4.05. The van der Waals surface area contributed by atoms with Crippen LogP contribution in [0, 0.1) is 0 Å². The smallest absolute Gasteiger partial charge is 0.330 e. The molecule has 0 heterocycles. The van der Waals surface area contributed by atoms with Crippen LogP contribution in [0.1, 0.15) is 51.4 Å². The van der Waals surface area contributed by atoms with Crippen molar-refractivity contribution in [2.45, 2.75) is 51.4 Å². The van der Waals surface area contributed by atoms with Crippen LogP contribution >= 0.6 is 0 Å². The number of esters is 2. The van der Waals surface area contributed by atoms with E-state index in [4.69, 9.17) is 18.9 Å². The Morgan fingerprint density at radius 2 is 1.19 bits per heavy atom. The molecule has 0 aliphatic rings. The van der Waals surface area contributed by atoms with E-state index in [0.29, 0.717) is 32.8 Å². The molecular weight excluding hydrogens is 408 g/mol. The van der Waals surface area contributed by atoms with Gasteiger partial charge in [-0.15, -0.1) is 13.2 Å². The highest BCUT2D eigenvalue weighted by Crippen LogP contribution is 1.98. The monoisotopic (exact) mass is 448 g/mol. The van der Waals surface area contributed by atoms with Crippen molar-refractivity contribution in [1.82, 2.24) is 0 Å². The van der Waals surface area contributed by atoms with Crippen LogP contribution in [0.25, 0.3) is 0 Å². The van der Waals surface area contributed by atoms with Gasteiger partial charge in [0.15, 0.2) is 0 Å². The second kappa shape index (κ2) is 24.8. The molecule has 0 bridgehead atoms. The standard InChI is InChI=1S/C26H40O6/c1-3-5-7-9-11-15-19-29-21-23-31-25(27)17-13-14-18-26(28)32-24-22-30-20-16-12-10-8-6-4-2/h3-4,11-13,15-17H,1-2,5-10,14,18-24H2/b15-11+,16-12+,17-13+. The maximum Gasteiger partial charge on any atom is 0.330 e. The van der Waals surface area contributed by atoms with Gasteiger partial charge in [0.2, 0.25) is 0 Å². The van der Waals surface area contributed by atoms with Crippen molar-refractivity contribution in [2.75, 3.05) is 39.6 Å². The Kier molecular flexibility index (Phi) is 22.9. The molecule has 6 heteroatoms. The van der Waals surface area contributed by atoms with Gasteiger partial charge >= 0.3 is 11.9 Å². The fourth-order valence-corrected chi connectivity index (χ4v) is 2.35. The Hall–Kier alpha value is -2.44. The number of ether oxygens (including phenoxy) is 4. The summed E-state index contributed by atoms with van der Waals surface area (Å²) in [5.41, 5.74) is 0. The normalized spacial score (nSPS) is 11.4. The molecule has 0 aromatic carbocycles. The lowest BCUT2D eigenvalue weighted by molar-refractivity contribution is -0.145. The summed E-state index contributed by atoms with van der Waals surface area (Å²) < 4.78 is 20.8. The maximum absolute atomic E-state index is 11.6. The summed E-state index contributed by atoms with van der Waals surface area (Å²) in [5.74, 6) is -0.773. The highest BCUT2D eigenvalue weighted by Gasteiger charge is 2.01.